The number of carbonyl (C=O) groups excluding carboxylic acids is 1. The first-order chi connectivity index (χ1) is 16.1. The molecule has 0 spiro atoms. The van der Waals surface area contributed by atoms with Gasteiger partial charge in [-0.3, -0.25) is 4.90 Å². The minimum Gasteiger partial charge on any atom is -0.445 e. The summed E-state index contributed by atoms with van der Waals surface area (Å²) >= 11 is 6.02. The smallest absolute Gasteiger partial charge is 0.410 e. The second-order valence-corrected chi connectivity index (χ2v) is 9.51. The van der Waals surface area contributed by atoms with E-state index in [1.807, 2.05) is 56.3 Å². The summed E-state index contributed by atoms with van der Waals surface area (Å²) < 4.78 is 19.3. The number of likely N-dealkylation sites (tertiary alicyclic amines) is 1. The van der Waals surface area contributed by atoms with Crippen molar-refractivity contribution in [1.82, 2.24) is 9.88 Å². The molecule has 2 atom stereocenters. The molecular weight excluding hydrogens is 455 g/mol. The van der Waals surface area contributed by atoms with Crippen molar-refractivity contribution < 1.29 is 19.0 Å². The first-order valence-electron chi connectivity index (χ1n) is 11.3. The zero-order chi connectivity index (χ0) is 24.5. The van der Waals surface area contributed by atoms with E-state index < -0.39 is 23.1 Å². The monoisotopic (exact) mass is 482 g/mol. The van der Waals surface area contributed by atoms with Gasteiger partial charge in [0.25, 0.3) is 0 Å². The standard InChI is InChI=1S/C27H28ClFN2O3/c1-4-27(3,33)24-16-20(15-23(30-24)19-10-11-22(29)21(28)14-19)26(2)12-13-31(26)25(32)34-17-18-8-6-5-7-9-18/h5-11,14-16,33H,4,12-13,17H2,1-3H3/t26-,27?/m0/s1. The topological polar surface area (TPSA) is 62.7 Å². The van der Waals surface area contributed by atoms with Gasteiger partial charge in [-0.25, -0.2) is 14.2 Å². The molecule has 1 unspecified atom stereocenters. The van der Waals surface area contributed by atoms with Crippen molar-refractivity contribution in [3.63, 3.8) is 0 Å². The average molecular weight is 483 g/mol. The molecule has 0 bridgehead atoms. The lowest BCUT2D eigenvalue weighted by atomic mass is 9.79. The van der Waals surface area contributed by atoms with Gasteiger partial charge in [-0.2, -0.15) is 0 Å². The first kappa shape index (κ1) is 24.2. The summed E-state index contributed by atoms with van der Waals surface area (Å²) in [5.41, 5.74) is 1.59. The molecule has 3 aromatic rings. The predicted octanol–water partition coefficient (Wildman–Crippen LogP) is 6.42. The van der Waals surface area contributed by atoms with Crippen LogP contribution in [0.15, 0.2) is 60.7 Å². The van der Waals surface area contributed by atoms with E-state index >= 15 is 0 Å². The van der Waals surface area contributed by atoms with E-state index in [4.69, 9.17) is 16.3 Å². The lowest BCUT2D eigenvalue weighted by molar-refractivity contribution is -0.0102. The summed E-state index contributed by atoms with van der Waals surface area (Å²) in [4.78, 5) is 19.3. The molecule has 1 saturated heterocycles. The Morgan fingerprint density at radius 2 is 1.97 bits per heavy atom. The van der Waals surface area contributed by atoms with Crippen molar-refractivity contribution >= 4 is 17.7 Å². The van der Waals surface area contributed by atoms with Crippen LogP contribution in [0.1, 0.15) is 50.4 Å². The van der Waals surface area contributed by atoms with Gasteiger partial charge in [0.15, 0.2) is 0 Å². The summed E-state index contributed by atoms with van der Waals surface area (Å²) in [5.74, 6) is -0.513. The molecule has 0 saturated carbocycles. The van der Waals surface area contributed by atoms with Crippen LogP contribution in [0.25, 0.3) is 11.3 Å². The number of carbonyl (C=O) groups is 1. The Bertz CT molecular complexity index is 1200. The third-order valence-corrected chi connectivity index (χ3v) is 7.04. The van der Waals surface area contributed by atoms with Crippen LogP contribution in [0.2, 0.25) is 5.02 Å². The molecule has 1 N–H and O–H groups in total. The highest BCUT2D eigenvalue weighted by atomic mass is 35.5. The number of hydrogen-bond donors (Lipinski definition) is 1. The highest BCUT2D eigenvalue weighted by molar-refractivity contribution is 6.31. The molecule has 2 aromatic carbocycles. The van der Waals surface area contributed by atoms with E-state index in [2.05, 4.69) is 4.98 Å². The van der Waals surface area contributed by atoms with Crippen LogP contribution in [0.5, 0.6) is 0 Å². The fourth-order valence-corrected chi connectivity index (χ4v) is 4.23. The average Bonchev–Trinajstić information content (AvgIpc) is 2.83. The number of nitrogens with zero attached hydrogens (tertiary/aromatic N) is 2. The van der Waals surface area contributed by atoms with Crippen LogP contribution in [-0.2, 0) is 22.5 Å². The van der Waals surface area contributed by atoms with Crippen molar-refractivity contribution in [2.45, 2.75) is 51.4 Å². The van der Waals surface area contributed by atoms with E-state index in [1.165, 1.54) is 12.1 Å². The molecule has 1 aliphatic rings. The third kappa shape index (κ3) is 4.65. The Kier molecular flexibility index (Phi) is 6.65. The Labute approximate surface area is 204 Å². The number of ether oxygens (including phenoxy) is 1. The van der Waals surface area contributed by atoms with Gasteiger partial charge in [0.1, 0.15) is 18.0 Å². The van der Waals surface area contributed by atoms with Gasteiger partial charge >= 0.3 is 6.09 Å². The lowest BCUT2D eigenvalue weighted by Crippen LogP contribution is -2.58. The summed E-state index contributed by atoms with van der Waals surface area (Å²) in [6, 6.07) is 17.7. The third-order valence-electron chi connectivity index (χ3n) is 6.75. The molecule has 7 heteroatoms. The van der Waals surface area contributed by atoms with E-state index in [-0.39, 0.29) is 11.6 Å². The molecule has 1 aliphatic heterocycles. The molecule has 4 rings (SSSR count). The van der Waals surface area contributed by atoms with Crippen LogP contribution >= 0.6 is 11.6 Å². The molecule has 0 radical (unpaired) electrons. The van der Waals surface area contributed by atoms with Crippen LogP contribution in [-0.4, -0.2) is 27.6 Å². The molecule has 178 valence electrons. The largest absolute Gasteiger partial charge is 0.445 e. The van der Waals surface area contributed by atoms with Crippen molar-refractivity contribution in [2.24, 2.45) is 0 Å². The van der Waals surface area contributed by atoms with E-state index in [9.17, 15) is 14.3 Å². The molecule has 1 aromatic heterocycles. The van der Waals surface area contributed by atoms with Crippen LogP contribution in [0, 0.1) is 5.82 Å². The number of aromatic nitrogens is 1. The quantitative estimate of drug-likeness (QED) is 0.440. The normalized spacial score (nSPS) is 19.3. The maximum Gasteiger partial charge on any atom is 0.410 e. The van der Waals surface area contributed by atoms with Crippen LogP contribution in [0.3, 0.4) is 0 Å². The zero-order valence-electron chi connectivity index (χ0n) is 19.5. The van der Waals surface area contributed by atoms with Gasteiger partial charge in [0, 0.05) is 12.1 Å². The molecule has 0 aliphatic carbocycles. The van der Waals surface area contributed by atoms with Crippen molar-refractivity contribution in [1.29, 1.82) is 0 Å². The Morgan fingerprint density at radius 3 is 2.59 bits per heavy atom. The second-order valence-electron chi connectivity index (χ2n) is 9.10. The number of halogens is 2. The Hall–Kier alpha value is -2.96. The van der Waals surface area contributed by atoms with Crippen LogP contribution in [0.4, 0.5) is 9.18 Å². The summed E-state index contributed by atoms with van der Waals surface area (Å²) in [7, 11) is 0. The molecule has 5 nitrogen and oxygen atoms in total. The fourth-order valence-electron chi connectivity index (χ4n) is 4.05. The number of hydrogen-bond acceptors (Lipinski definition) is 4. The van der Waals surface area contributed by atoms with Crippen LogP contribution < -0.4 is 0 Å². The fraction of sp³-hybridized carbons (Fsp3) is 0.333. The zero-order valence-corrected chi connectivity index (χ0v) is 20.3. The van der Waals surface area contributed by atoms with Gasteiger partial charge in [-0.05, 0) is 68.1 Å². The van der Waals surface area contributed by atoms with Crippen molar-refractivity contribution in [3.8, 4) is 11.3 Å². The van der Waals surface area contributed by atoms with Gasteiger partial charge in [0.05, 0.1) is 21.9 Å². The second kappa shape index (κ2) is 9.35. The molecule has 2 heterocycles. The van der Waals surface area contributed by atoms with Gasteiger partial charge < -0.3 is 9.84 Å². The number of benzene rings is 2. The maximum absolute atomic E-state index is 13.8. The van der Waals surface area contributed by atoms with E-state index in [0.717, 1.165) is 17.5 Å². The van der Waals surface area contributed by atoms with Crippen molar-refractivity contribution in [2.75, 3.05) is 6.54 Å². The highest BCUT2D eigenvalue weighted by Crippen LogP contribution is 2.43. The SMILES string of the molecule is CCC(C)(O)c1cc([C@]2(C)CCN2C(=O)OCc2ccccc2)cc(-c2ccc(F)c(Cl)c2)n1. The minimum absolute atomic E-state index is 0.00511. The van der Waals surface area contributed by atoms with E-state index in [1.54, 1.807) is 17.9 Å². The number of amides is 1. The predicted molar refractivity (Wildman–Crippen MR) is 130 cm³/mol. The lowest BCUT2D eigenvalue weighted by Gasteiger charge is -2.50. The summed E-state index contributed by atoms with van der Waals surface area (Å²) in [6.45, 7) is 6.31. The van der Waals surface area contributed by atoms with Crippen molar-refractivity contribution in [3.05, 3.63) is 88.3 Å². The molecule has 34 heavy (non-hydrogen) atoms. The number of rotatable bonds is 6. The van der Waals surface area contributed by atoms with Gasteiger partial charge in [0.2, 0.25) is 0 Å². The van der Waals surface area contributed by atoms with E-state index in [0.29, 0.717) is 29.9 Å². The summed E-state index contributed by atoms with van der Waals surface area (Å²) in [6.07, 6.45) is 0.783. The molecule has 1 amide bonds. The minimum atomic E-state index is -1.17. The highest BCUT2D eigenvalue weighted by Gasteiger charge is 2.46. The van der Waals surface area contributed by atoms with Gasteiger partial charge in [-0.15, -0.1) is 0 Å². The molecular formula is C27H28ClFN2O3. The number of aliphatic hydroxyl groups is 1. The number of pyridine rings is 1. The van der Waals surface area contributed by atoms with Gasteiger partial charge in [-0.1, -0.05) is 48.9 Å². The summed E-state index contributed by atoms with van der Waals surface area (Å²) in [5, 5.41) is 11.0. The maximum atomic E-state index is 13.8. The Morgan fingerprint density at radius 1 is 1.24 bits per heavy atom. The Balaban J connectivity index is 1.68. The first-order valence-corrected chi connectivity index (χ1v) is 11.7. The molecule has 1 fully saturated rings.